The highest BCUT2D eigenvalue weighted by molar-refractivity contribution is 6.00. The van der Waals surface area contributed by atoms with Gasteiger partial charge in [0.2, 0.25) is 0 Å². The van der Waals surface area contributed by atoms with Crippen LogP contribution in [0.3, 0.4) is 0 Å². The van der Waals surface area contributed by atoms with Crippen LogP contribution in [0.5, 0.6) is 0 Å². The van der Waals surface area contributed by atoms with Crippen molar-refractivity contribution in [3.8, 4) is 5.69 Å². The van der Waals surface area contributed by atoms with E-state index in [2.05, 4.69) is 6.07 Å². The number of ether oxygens (including phenoxy) is 1. The van der Waals surface area contributed by atoms with Gasteiger partial charge >= 0.3 is 0 Å². The SMILES string of the molecule is O=C(c1cc2ccccc2n1-c1ccccc1)N1CCOCC1. The van der Waals surface area contributed by atoms with Gasteiger partial charge in [-0.05, 0) is 24.3 Å². The number of aromatic nitrogens is 1. The van der Waals surface area contributed by atoms with Gasteiger partial charge in [0, 0.05) is 24.2 Å². The van der Waals surface area contributed by atoms with Crippen LogP contribution >= 0.6 is 0 Å². The van der Waals surface area contributed by atoms with Crippen molar-refractivity contribution >= 4 is 16.8 Å². The molecule has 0 saturated carbocycles. The van der Waals surface area contributed by atoms with Crippen molar-refractivity contribution in [3.05, 3.63) is 66.4 Å². The molecule has 0 spiro atoms. The first-order chi connectivity index (χ1) is 11.3. The Morgan fingerprint density at radius 3 is 2.39 bits per heavy atom. The molecule has 1 aliphatic heterocycles. The molecule has 4 heteroatoms. The zero-order valence-corrected chi connectivity index (χ0v) is 12.8. The average Bonchev–Trinajstić information content (AvgIpc) is 3.02. The van der Waals surface area contributed by atoms with Crippen LogP contribution in [0.1, 0.15) is 10.5 Å². The van der Waals surface area contributed by atoms with Crippen LogP contribution in [0.2, 0.25) is 0 Å². The first-order valence-electron chi connectivity index (χ1n) is 7.87. The lowest BCUT2D eigenvalue weighted by Crippen LogP contribution is -2.41. The van der Waals surface area contributed by atoms with Crippen LogP contribution in [0.4, 0.5) is 0 Å². The smallest absolute Gasteiger partial charge is 0.271 e. The lowest BCUT2D eigenvalue weighted by molar-refractivity contribution is 0.0298. The van der Waals surface area contributed by atoms with Crippen LogP contribution in [0.15, 0.2) is 60.7 Å². The maximum absolute atomic E-state index is 13.0. The van der Waals surface area contributed by atoms with E-state index >= 15 is 0 Å². The van der Waals surface area contributed by atoms with Crippen LogP contribution < -0.4 is 0 Å². The molecule has 4 rings (SSSR count). The van der Waals surface area contributed by atoms with E-state index < -0.39 is 0 Å². The third-order valence-corrected chi connectivity index (χ3v) is 4.24. The minimum Gasteiger partial charge on any atom is -0.378 e. The van der Waals surface area contributed by atoms with E-state index in [0.29, 0.717) is 32.0 Å². The number of hydrogen-bond acceptors (Lipinski definition) is 2. The molecule has 1 amide bonds. The van der Waals surface area contributed by atoms with E-state index in [-0.39, 0.29) is 5.91 Å². The summed E-state index contributed by atoms with van der Waals surface area (Å²) in [4.78, 5) is 14.9. The second-order valence-corrected chi connectivity index (χ2v) is 5.66. The monoisotopic (exact) mass is 306 g/mol. The Bertz CT molecular complexity index is 833. The summed E-state index contributed by atoms with van der Waals surface area (Å²) in [6.45, 7) is 2.51. The van der Waals surface area contributed by atoms with Gasteiger partial charge < -0.3 is 14.2 Å². The topological polar surface area (TPSA) is 34.5 Å². The molecular formula is C19H18N2O2. The summed E-state index contributed by atoms with van der Waals surface area (Å²) in [5.41, 5.74) is 2.76. The summed E-state index contributed by atoms with van der Waals surface area (Å²) in [6, 6.07) is 20.1. The van der Waals surface area contributed by atoms with Gasteiger partial charge in [-0.2, -0.15) is 0 Å². The first kappa shape index (κ1) is 14.0. The second kappa shape index (κ2) is 5.89. The van der Waals surface area contributed by atoms with E-state index in [1.54, 1.807) is 0 Å². The molecule has 1 saturated heterocycles. The van der Waals surface area contributed by atoms with E-state index in [1.165, 1.54) is 0 Å². The van der Waals surface area contributed by atoms with Crippen molar-refractivity contribution in [3.63, 3.8) is 0 Å². The van der Waals surface area contributed by atoms with Gasteiger partial charge in [-0.1, -0.05) is 36.4 Å². The number of fused-ring (bicyclic) bond motifs is 1. The minimum absolute atomic E-state index is 0.0633. The fourth-order valence-electron chi connectivity index (χ4n) is 3.10. The number of carbonyl (C=O) groups excluding carboxylic acids is 1. The van der Waals surface area contributed by atoms with Crippen molar-refractivity contribution in [2.45, 2.75) is 0 Å². The van der Waals surface area contributed by atoms with Crippen LogP contribution in [0.25, 0.3) is 16.6 Å². The van der Waals surface area contributed by atoms with Gasteiger partial charge in [-0.25, -0.2) is 0 Å². The number of amides is 1. The molecule has 0 unspecified atom stereocenters. The quantitative estimate of drug-likeness (QED) is 0.729. The standard InChI is InChI=1S/C19H18N2O2/c22-19(20-10-12-23-13-11-20)18-14-15-6-4-5-9-17(15)21(18)16-7-2-1-3-8-16/h1-9,14H,10-13H2. The third kappa shape index (κ3) is 2.51. The molecule has 0 N–H and O–H groups in total. The van der Waals surface area contributed by atoms with Gasteiger partial charge in [0.1, 0.15) is 5.69 Å². The summed E-state index contributed by atoms with van der Waals surface area (Å²) in [6.07, 6.45) is 0. The number of benzene rings is 2. The molecular weight excluding hydrogens is 288 g/mol. The Kier molecular flexibility index (Phi) is 3.60. The number of morpholine rings is 1. The van der Waals surface area contributed by atoms with Crippen molar-refractivity contribution < 1.29 is 9.53 Å². The van der Waals surface area contributed by atoms with Crippen molar-refractivity contribution in [1.29, 1.82) is 0 Å². The van der Waals surface area contributed by atoms with Gasteiger partial charge in [0.05, 0.1) is 18.7 Å². The van der Waals surface area contributed by atoms with Crippen LogP contribution in [-0.4, -0.2) is 41.7 Å². The maximum Gasteiger partial charge on any atom is 0.271 e. The van der Waals surface area contributed by atoms with Crippen LogP contribution in [0, 0.1) is 0 Å². The Balaban J connectivity index is 1.87. The van der Waals surface area contributed by atoms with Gasteiger partial charge in [0.25, 0.3) is 5.91 Å². The average molecular weight is 306 g/mol. The molecule has 1 aromatic heterocycles. The molecule has 1 fully saturated rings. The normalized spacial score (nSPS) is 15.0. The largest absolute Gasteiger partial charge is 0.378 e. The zero-order valence-electron chi connectivity index (χ0n) is 12.8. The highest BCUT2D eigenvalue weighted by Gasteiger charge is 2.23. The Morgan fingerprint density at radius 2 is 1.61 bits per heavy atom. The zero-order chi connectivity index (χ0) is 15.6. The fourth-order valence-corrected chi connectivity index (χ4v) is 3.10. The molecule has 0 atom stereocenters. The second-order valence-electron chi connectivity index (χ2n) is 5.66. The van der Waals surface area contributed by atoms with E-state index in [0.717, 1.165) is 16.6 Å². The van der Waals surface area contributed by atoms with Gasteiger partial charge in [-0.3, -0.25) is 4.79 Å². The Hall–Kier alpha value is -2.59. The number of rotatable bonds is 2. The van der Waals surface area contributed by atoms with E-state index in [1.807, 2.05) is 64.1 Å². The molecule has 0 bridgehead atoms. The van der Waals surface area contributed by atoms with E-state index in [4.69, 9.17) is 4.74 Å². The molecule has 1 aliphatic rings. The molecule has 2 heterocycles. The highest BCUT2D eigenvalue weighted by atomic mass is 16.5. The van der Waals surface area contributed by atoms with Gasteiger partial charge in [0.15, 0.2) is 0 Å². The highest BCUT2D eigenvalue weighted by Crippen LogP contribution is 2.25. The summed E-state index contributed by atoms with van der Waals surface area (Å²) in [7, 11) is 0. The number of nitrogens with zero attached hydrogens (tertiary/aromatic N) is 2. The number of para-hydroxylation sites is 2. The number of carbonyl (C=O) groups is 1. The number of hydrogen-bond donors (Lipinski definition) is 0. The molecule has 23 heavy (non-hydrogen) atoms. The summed E-state index contributed by atoms with van der Waals surface area (Å²) in [5.74, 6) is 0.0633. The van der Waals surface area contributed by atoms with Crippen molar-refractivity contribution in [2.24, 2.45) is 0 Å². The Labute approximate surface area is 134 Å². The summed E-state index contributed by atoms with van der Waals surface area (Å²) < 4.78 is 7.41. The molecule has 2 aromatic carbocycles. The fraction of sp³-hybridized carbons (Fsp3) is 0.211. The predicted molar refractivity (Wildman–Crippen MR) is 90.0 cm³/mol. The van der Waals surface area contributed by atoms with Crippen LogP contribution in [-0.2, 0) is 4.74 Å². The molecule has 4 nitrogen and oxygen atoms in total. The molecule has 0 radical (unpaired) electrons. The third-order valence-electron chi connectivity index (χ3n) is 4.24. The minimum atomic E-state index is 0.0633. The maximum atomic E-state index is 13.0. The molecule has 116 valence electrons. The van der Waals surface area contributed by atoms with Crippen molar-refractivity contribution in [2.75, 3.05) is 26.3 Å². The predicted octanol–water partition coefficient (Wildman–Crippen LogP) is 3.10. The molecule has 0 aliphatic carbocycles. The summed E-state index contributed by atoms with van der Waals surface area (Å²) >= 11 is 0. The lowest BCUT2D eigenvalue weighted by atomic mass is 10.2. The first-order valence-corrected chi connectivity index (χ1v) is 7.87. The molecule has 3 aromatic rings. The van der Waals surface area contributed by atoms with Crippen molar-refractivity contribution in [1.82, 2.24) is 9.47 Å². The lowest BCUT2D eigenvalue weighted by Gasteiger charge is -2.27. The Morgan fingerprint density at radius 1 is 0.913 bits per heavy atom. The summed E-state index contributed by atoms with van der Waals surface area (Å²) in [5, 5.41) is 1.08. The van der Waals surface area contributed by atoms with Gasteiger partial charge in [-0.15, -0.1) is 0 Å². The van der Waals surface area contributed by atoms with E-state index in [9.17, 15) is 4.79 Å².